The Bertz CT molecular complexity index is 495. The van der Waals surface area contributed by atoms with Gasteiger partial charge in [-0.3, -0.25) is 4.79 Å². The molecule has 0 spiro atoms. The van der Waals surface area contributed by atoms with Crippen molar-refractivity contribution in [2.24, 2.45) is 0 Å². The predicted octanol–water partition coefficient (Wildman–Crippen LogP) is 2.55. The van der Waals surface area contributed by atoms with Gasteiger partial charge in [0.1, 0.15) is 0 Å². The Balaban J connectivity index is 2.62. The average Bonchev–Trinajstić information content (AvgIpc) is 2.37. The lowest BCUT2D eigenvalue weighted by atomic mass is 10.0. The first-order valence-electron chi connectivity index (χ1n) is 6.59. The van der Waals surface area contributed by atoms with Gasteiger partial charge in [0.25, 0.3) is 5.56 Å². The summed E-state index contributed by atoms with van der Waals surface area (Å²) in [6.45, 7) is 6.16. The summed E-state index contributed by atoms with van der Waals surface area (Å²) in [6, 6.07) is 2.25. The summed E-state index contributed by atoms with van der Waals surface area (Å²) in [7, 11) is 2.11. The zero-order valence-electron chi connectivity index (χ0n) is 11.4. The van der Waals surface area contributed by atoms with Crippen LogP contribution in [0.4, 0.5) is 0 Å². The Morgan fingerprint density at radius 3 is 2.83 bits per heavy atom. The molecule has 3 nitrogen and oxygen atoms in total. The Morgan fingerprint density at radius 2 is 2.22 bits per heavy atom. The molecule has 18 heavy (non-hydrogen) atoms. The number of hydrogen-bond acceptors (Lipinski definition) is 2. The van der Waals surface area contributed by atoms with Crippen molar-refractivity contribution in [3.05, 3.63) is 33.2 Å². The molecule has 1 unspecified atom stereocenters. The maximum Gasteiger partial charge on any atom is 0.255 e. The minimum atomic E-state index is 0.0997. The predicted molar refractivity (Wildman–Crippen MR) is 75.3 cm³/mol. The smallest absolute Gasteiger partial charge is 0.255 e. The van der Waals surface area contributed by atoms with E-state index in [1.54, 1.807) is 0 Å². The summed E-state index contributed by atoms with van der Waals surface area (Å²) in [5, 5.41) is 0. The number of halogens is 1. The summed E-state index contributed by atoms with van der Waals surface area (Å²) < 4.78 is 1.97. The largest absolute Gasteiger partial charge is 0.309 e. The molecular formula is C14H21ClN2O. The Morgan fingerprint density at radius 1 is 1.50 bits per heavy atom. The topological polar surface area (TPSA) is 25.2 Å². The van der Waals surface area contributed by atoms with Crippen LogP contribution in [-0.2, 0) is 18.8 Å². The van der Waals surface area contributed by atoms with Crippen LogP contribution in [0, 0.1) is 0 Å². The van der Waals surface area contributed by atoms with Gasteiger partial charge in [0.05, 0.1) is 5.88 Å². The molecular weight excluding hydrogens is 248 g/mol. The van der Waals surface area contributed by atoms with Crippen LogP contribution in [0.15, 0.2) is 10.9 Å². The summed E-state index contributed by atoms with van der Waals surface area (Å²) in [4.78, 5) is 14.7. The molecule has 1 aromatic heterocycles. The summed E-state index contributed by atoms with van der Waals surface area (Å²) in [5.74, 6) is 0.298. The van der Waals surface area contributed by atoms with Gasteiger partial charge in [0.2, 0.25) is 0 Å². The van der Waals surface area contributed by atoms with Crippen LogP contribution in [-0.4, -0.2) is 23.1 Å². The van der Waals surface area contributed by atoms with Crippen molar-refractivity contribution in [1.29, 1.82) is 0 Å². The molecule has 4 heteroatoms. The monoisotopic (exact) mass is 268 g/mol. The van der Waals surface area contributed by atoms with Gasteiger partial charge >= 0.3 is 0 Å². The standard InChI is InChI=1S/C14H21ClN2O/c1-4-10(2)17-13-5-6-16(3)9-12(13)7-11(8-15)14(17)18/h7,10H,4-6,8-9H2,1-3H3. The van der Waals surface area contributed by atoms with Crippen LogP contribution in [0.2, 0.25) is 0 Å². The van der Waals surface area contributed by atoms with Gasteiger partial charge in [-0.2, -0.15) is 0 Å². The van der Waals surface area contributed by atoms with Crippen LogP contribution >= 0.6 is 11.6 Å². The summed E-state index contributed by atoms with van der Waals surface area (Å²) >= 11 is 5.90. The van der Waals surface area contributed by atoms with Crippen molar-refractivity contribution >= 4 is 11.6 Å². The number of nitrogens with zero attached hydrogens (tertiary/aromatic N) is 2. The first-order chi connectivity index (χ1) is 8.58. The van der Waals surface area contributed by atoms with Crippen LogP contribution in [0.1, 0.15) is 43.1 Å². The molecule has 2 heterocycles. The highest BCUT2D eigenvalue weighted by Crippen LogP contribution is 2.22. The zero-order valence-corrected chi connectivity index (χ0v) is 12.1. The van der Waals surface area contributed by atoms with E-state index in [0.717, 1.165) is 31.5 Å². The van der Waals surface area contributed by atoms with Crippen molar-refractivity contribution in [2.45, 2.75) is 45.2 Å². The van der Waals surface area contributed by atoms with E-state index < -0.39 is 0 Å². The van der Waals surface area contributed by atoms with Crippen molar-refractivity contribution in [1.82, 2.24) is 9.47 Å². The van der Waals surface area contributed by atoms with E-state index in [-0.39, 0.29) is 11.6 Å². The average molecular weight is 269 g/mol. The van der Waals surface area contributed by atoms with E-state index in [9.17, 15) is 4.79 Å². The van der Waals surface area contributed by atoms with E-state index in [1.165, 1.54) is 11.3 Å². The number of fused-ring (bicyclic) bond motifs is 1. The minimum absolute atomic E-state index is 0.0997. The second kappa shape index (κ2) is 5.45. The molecule has 1 aliphatic rings. The van der Waals surface area contributed by atoms with E-state index >= 15 is 0 Å². The molecule has 1 aliphatic heterocycles. The van der Waals surface area contributed by atoms with Crippen molar-refractivity contribution in [3.8, 4) is 0 Å². The third kappa shape index (κ3) is 2.34. The van der Waals surface area contributed by atoms with Gasteiger partial charge in [-0.25, -0.2) is 0 Å². The number of aromatic nitrogens is 1. The highest BCUT2D eigenvalue weighted by molar-refractivity contribution is 6.17. The van der Waals surface area contributed by atoms with Crippen LogP contribution in [0.3, 0.4) is 0 Å². The van der Waals surface area contributed by atoms with Crippen LogP contribution < -0.4 is 5.56 Å². The van der Waals surface area contributed by atoms with Gasteiger partial charge in [0, 0.05) is 36.8 Å². The second-order valence-electron chi connectivity index (χ2n) is 5.20. The highest BCUT2D eigenvalue weighted by Gasteiger charge is 2.21. The molecule has 0 saturated heterocycles. The van der Waals surface area contributed by atoms with Crippen molar-refractivity contribution in [3.63, 3.8) is 0 Å². The number of hydrogen-bond donors (Lipinski definition) is 0. The third-order valence-electron chi connectivity index (χ3n) is 3.85. The third-order valence-corrected chi connectivity index (χ3v) is 4.14. The zero-order chi connectivity index (χ0) is 13.3. The molecule has 0 amide bonds. The van der Waals surface area contributed by atoms with Gasteiger partial charge in [-0.1, -0.05) is 6.92 Å². The van der Waals surface area contributed by atoms with Gasteiger partial charge in [0.15, 0.2) is 0 Å². The fourth-order valence-corrected chi connectivity index (χ4v) is 2.81. The Labute approximate surface area is 113 Å². The number of rotatable bonds is 3. The normalized spacial score (nSPS) is 17.6. The van der Waals surface area contributed by atoms with Gasteiger partial charge in [-0.15, -0.1) is 11.6 Å². The molecule has 0 N–H and O–H groups in total. The molecule has 100 valence electrons. The SMILES string of the molecule is CCC(C)n1c2c(cc(CCl)c1=O)CN(C)CC2. The molecule has 0 fully saturated rings. The van der Waals surface area contributed by atoms with Gasteiger partial charge in [-0.05, 0) is 32.0 Å². The van der Waals surface area contributed by atoms with E-state index in [4.69, 9.17) is 11.6 Å². The molecule has 1 aromatic rings. The fraction of sp³-hybridized carbons (Fsp3) is 0.643. The second-order valence-corrected chi connectivity index (χ2v) is 5.46. The lowest BCUT2D eigenvalue weighted by molar-refractivity contribution is 0.300. The van der Waals surface area contributed by atoms with Crippen LogP contribution in [0.25, 0.3) is 0 Å². The maximum absolute atomic E-state index is 12.4. The summed E-state index contributed by atoms with van der Waals surface area (Å²) in [5.41, 5.74) is 3.30. The Hall–Kier alpha value is -0.800. The van der Waals surface area contributed by atoms with Crippen LogP contribution in [0.5, 0.6) is 0 Å². The lowest BCUT2D eigenvalue weighted by Crippen LogP contribution is -2.36. The quantitative estimate of drug-likeness (QED) is 0.788. The number of pyridine rings is 1. The molecule has 0 aromatic carbocycles. The molecule has 2 rings (SSSR count). The lowest BCUT2D eigenvalue weighted by Gasteiger charge is -2.30. The van der Waals surface area contributed by atoms with E-state index in [2.05, 4.69) is 25.8 Å². The van der Waals surface area contributed by atoms with Crippen molar-refractivity contribution in [2.75, 3.05) is 13.6 Å². The maximum atomic E-state index is 12.4. The van der Waals surface area contributed by atoms with Gasteiger partial charge < -0.3 is 9.47 Å². The highest BCUT2D eigenvalue weighted by atomic mass is 35.5. The van der Waals surface area contributed by atoms with E-state index in [1.807, 2.05) is 10.6 Å². The number of likely N-dealkylation sites (N-methyl/N-ethyl adjacent to an activating group) is 1. The molecule has 0 aliphatic carbocycles. The Kier molecular flexibility index (Phi) is 4.13. The number of alkyl halides is 1. The fourth-order valence-electron chi connectivity index (χ4n) is 2.62. The molecule has 0 bridgehead atoms. The molecule has 1 atom stereocenters. The molecule has 0 radical (unpaired) electrons. The summed E-state index contributed by atoms with van der Waals surface area (Å²) in [6.07, 6.45) is 1.92. The first kappa shape index (κ1) is 13.6. The minimum Gasteiger partial charge on any atom is -0.309 e. The first-order valence-corrected chi connectivity index (χ1v) is 7.12. The van der Waals surface area contributed by atoms with E-state index in [0.29, 0.717) is 5.88 Å². The van der Waals surface area contributed by atoms with Crippen molar-refractivity contribution < 1.29 is 0 Å². The molecule has 0 saturated carbocycles.